The number of carbonyl (C=O) groups excluding carboxylic acids is 2. The Labute approximate surface area is 190 Å². The monoisotopic (exact) mass is 442 g/mol. The van der Waals surface area contributed by atoms with Crippen molar-refractivity contribution in [3.8, 4) is 11.5 Å². The molecule has 3 heterocycles. The van der Waals surface area contributed by atoms with Gasteiger partial charge in [-0.3, -0.25) is 19.5 Å². The van der Waals surface area contributed by atoms with Gasteiger partial charge in [-0.15, -0.1) is 0 Å². The Hall–Kier alpha value is -4.13. The van der Waals surface area contributed by atoms with Crippen LogP contribution in [0.15, 0.2) is 66.5 Å². The number of amides is 1. The van der Waals surface area contributed by atoms with Gasteiger partial charge in [-0.1, -0.05) is 12.1 Å². The maximum atomic E-state index is 13.3. The zero-order valence-corrected chi connectivity index (χ0v) is 18.2. The number of pyridine rings is 1. The standard InChI is InChI=1S/C26H22N2O5/c1-15-4-3-5-19(16(15)2)28-23(17-8-10-27-11-9-17)22(25(30)26(28)31)24(29)18-6-7-20-21(14-18)33-13-12-32-20/h3-11,14,23,29H,12-13H2,1-2H3/b24-22-. The second-order valence-electron chi connectivity index (χ2n) is 8.03. The van der Waals surface area contributed by atoms with Gasteiger partial charge in [-0.2, -0.15) is 0 Å². The smallest absolute Gasteiger partial charge is 0.300 e. The fourth-order valence-electron chi connectivity index (χ4n) is 4.28. The zero-order chi connectivity index (χ0) is 23.1. The molecule has 1 N–H and O–H groups in total. The number of benzene rings is 2. The average molecular weight is 442 g/mol. The Kier molecular flexibility index (Phi) is 5.09. The molecule has 2 aliphatic heterocycles. The minimum atomic E-state index is -0.804. The number of ketones is 1. The number of carbonyl (C=O) groups is 2. The summed E-state index contributed by atoms with van der Waals surface area (Å²) >= 11 is 0. The number of ether oxygens (including phenoxy) is 2. The van der Waals surface area contributed by atoms with E-state index in [-0.39, 0.29) is 11.3 Å². The van der Waals surface area contributed by atoms with Crippen LogP contribution in [0.5, 0.6) is 11.5 Å². The molecule has 0 bridgehead atoms. The van der Waals surface area contributed by atoms with Gasteiger partial charge < -0.3 is 14.6 Å². The second kappa shape index (κ2) is 8.09. The van der Waals surface area contributed by atoms with Crippen LogP contribution in [0.25, 0.3) is 5.76 Å². The van der Waals surface area contributed by atoms with Gasteiger partial charge in [0.15, 0.2) is 11.5 Å². The molecular weight excluding hydrogens is 420 g/mol. The Morgan fingerprint density at radius 2 is 1.73 bits per heavy atom. The summed E-state index contributed by atoms with van der Waals surface area (Å²) in [5.74, 6) is -0.650. The lowest BCUT2D eigenvalue weighted by Crippen LogP contribution is -2.30. The number of fused-ring (bicyclic) bond motifs is 1. The van der Waals surface area contributed by atoms with E-state index < -0.39 is 17.7 Å². The predicted octanol–water partition coefficient (Wildman–Crippen LogP) is 4.10. The van der Waals surface area contributed by atoms with Crippen LogP contribution in [-0.4, -0.2) is 35.0 Å². The zero-order valence-electron chi connectivity index (χ0n) is 18.2. The van der Waals surface area contributed by atoms with Crippen LogP contribution in [0.1, 0.15) is 28.3 Å². The Morgan fingerprint density at radius 1 is 1.00 bits per heavy atom. The summed E-state index contributed by atoms with van der Waals surface area (Å²) in [7, 11) is 0. The Bertz CT molecular complexity index is 1300. The fraction of sp³-hybridized carbons (Fsp3) is 0.192. The largest absolute Gasteiger partial charge is 0.507 e. The van der Waals surface area contributed by atoms with Gasteiger partial charge in [0.05, 0.1) is 11.6 Å². The van der Waals surface area contributed by atoms with Gasteiger partial charge >= 0.3 is 0 Å². The summed E-state index contributed by atoms with van der Waals surface area (Å²) < 4.78 is 11.2. The molecule has 2 aliphatic rings. The number of aromatic nitrogens is 1. The first-order valence-electron chi connectivity index (χ1n) is 10.6. The normalized spacial score (nSPS) is 19.1. The van der Waals surface area contributed by atoms with E-state index in [1.807, 2.05) is 32.0 Å². The third kappa shape index (κ3) is 3.42. The van der Waals surface area contributed by atoms with Crippen LogP contribution < -0.4 is 14.4 Å². The molecule has 0 spiro atoms. The summed E-state index contributed by atoms with van der Waals surface area (Å²) in [4.78, 5) is 32.1. The molecule has 166 valence electrons. The van der Waals surface area contributed by atoms with Crippen molar-refractivity contribution in [2.75, 3.05) is 18.1 Å². The number of aliphatic hydroxyl groups is 1. The highest BCUT2D eigenvalue weighted by Crippen LogP contribution is 2.44. The summed E-state index contributed by atoms with van der Waals surface area (Å²) in [5, 5.41) is 11.3. The van der Waals surface area contributed by atoms with Crippen molar-refractivity contribution < 1.29 is 24.2 Å². The summed E-state index contributed by atoms with van der Waals surface area (Å²) in [6, 6.07) is 13.3. The minimum Gasteiger partial charge on any atom is -0.507 e. The molecule has 0 aliphatic carbocycles. The average Bonchev–Trinajstić information content (AvgIpc) is 3.11. The highest BCUT2D eigenvalue weighted by Gasteiger charge is 2.47. The van der Waals surface area contributed by atoms with Crippen LogP contribution in [0.3, 0.4) is 0 Å². The van der Waals surface area contributed by atoms with Crippen molar-refractivity contribution in [3.05, 3.63) is 88.8 Å². The van der Waals surface area contributed by atoms with Crippen LogP contribution in [-0.2, 0) is 9.59 Å². The predicted molar refractivity (Wildman–Crippen MR) is 122 cm³/mol. The van der Waals surface area contributed by atoms with E-state index in [2.05, 4.69) is 4.98 Å². The van der Waals surface area contributed by atoms with E-state index >= 15 is 0 Å². The number of nitrogens with zero attached hydrogens (tertiary/aromatic N) is 2. The van der Waals surface area contributed by atoms with Crippen molar-refractivity contribution in [3.63, 3.8) is 0 Å². The molecule has 33 heavy (non-hydrogen) atoms. The highest BCUT2D eigenvalue weighted by molar-refractivity contribution is 6.51. The first kappa shape index (κ1) is 20.8. The van der Waals surface area contributed by atoms with E-state index in [1.54, 1.807) is 42.7 Å². The highest BCUT2D eigenvalue weighted by atomic mass is 16.6. The summed E-state index contributed by atoms with van der Waals surface area (Å²) in [6.07, 6.45) is 3.20. The first-order chi connectivity index (χ1) is 16.0. The molecule has 0 saturated carbocycles. The van der Waals surface area contributed by atoms with E-state index in [0.29, 0.717) is 41.5 Å². The molecule has 1 aromatic heterocycles. The van der Waals surface area contributed by atoms with Crippen molar-refractivity contribution in [2.45, 2.75) is 19.9 Å². The van der Waals surface area contributed by atoms with Crippen molar-refractivity contribution in [2.24, 2.45) is 0 Å². The Morgan fingerprint density at radius 3 is 2.48 bits per heavy atom. The molecule has 1 atom stereocenters. The second-order valence-corrected chi connectivity index (χ2v) is 8.03. The molecule has 1 saturated heterocycles. The quantitative estimate of drug-likeness (QED) is 0.373. The number of Topliss-reactive ketones (excluding diaryl/α,β-unsaturated/α-hetero) is 1. The van der Waals surface area contributed by atoms with Gasteiger partial charge in [-0.25, -0.2) is 0 Å². The number of aryl methyl sites for hydroxylation is 1. The third-order valence-electron chi connectivity index (χ3n) is 6.12. The van der Waals surface area contributed by atoms with Crippen LogP contribution >= 0.6 is 0 Å². The molecule has 0 radical (unpaired) electrons. The maximum Gasteiger partial charge on any atom is 0.300 e. The first-order valence-corrected chi connectivity index (χ1v) is 10.6. The number of aliphatic hydroxyl groups excluding tert-OH is 1. The lowest BCUT2D eigenvalue weighted by atomic mass is 9.95. The SMILES string of the molecule is Cc1cccc(N2C(=O)C(=O)/C(=C(\O)c3ccc4c(c3)OCCO4)C2c2ccncc2)c1C. The van der Waals surface area contributed by atoms with Crippen molar-refractivity contribution in [1.29, 1.82) is 0 Å². The van der Waals surface area contributed by atoms with Crippen LogP contribution in [0.4, 0.5) is 5.69 Å². The number of anilines is 1. The lowest BCUT2D eigenvalue weighted by Gasteiger charge is -2.27. The molecule has 1 fully saturated rings. The van der Waals surface area contributed by atoms with Gasteiger partial charge in [0.25, 0.3) is 11.7 Å². The van der Waals surface area contributed by atoms with Crippen molar-refractivity contribution >= 4 is 23.1 Å². The lowest BCUT2D eigenvalue weighted by molar-refractivity contribution is -0.132. The van der Waals surface area contributed by atoms with Gasteiger partial charge in [0.2, 0.25) is 0 Å². The molecule has 2 aromatic carbocycles. The molecule has 7 nitrogen and oxygen atoms in total. The topological polar surface area (TPSA) is 89.0 Å². The minimum absolute atomic E-state index is 0.0174. The Balaban J connectivity index is 1.71. The van der Waals surface area contributed by atoms with E-state index in [9.17, 15) is 14.7 Å². The van der Waals surface area contributed by atoms with E-state index in [0.717, 1.165) is 11.1 Å². The van der Waals surface area contributed by atoms with Crippen molar-refractivity contribution in [1.82, 2.24) is 4.98 Å². The van der Waals surface area contributed by atoms with E-state index in [4.69, 9.17) is 9.47 Å². The maximum absolute atomic E-state index is 13.3. The van der Waals surface area contributed by atoms with Crippen LogP contribution in [0, 0.1) is 13.8 Å². The molecular formula is C26H22N2O5. The fourth-order valence-corrected chi connectivity index (χ4v) is 4.28. The van der Waals surface area contributed by atoms with Gasteiger partial charge in [0.1, 0.15) is 19.0 Å². The summed E-state index contributed by atoms with van der Waals surface area (Å²) in [5.41, 5.74) is 3.57. The molecule has 7 heteroatoms. The number of hydrogen-bond donors (Lipinski definition) is 1. The van der Waals surface area contributed by atoms with Gasteiger partial charge in [0, 0.05) is 23.6 Å². The molecule has 3 aromatic rings. The molecule has 5 rings (SSSR count). The third-order valence-corrected chi connectivity index (χ3v) is 6.12. The number of hydrogen-bond acceptors (Lipinski definition) is 6. The molecule has 1 unspecified atom stereocenters. The molecule has 1 amide bonds. The summed E-state index contributed by atoms with van der Waals surface area (Å²) in [6.45, 7) is 4.70. The van der Waals surface area contributed by atoms with Crippen LogP contribution in [0.2, 0.25) is 0 Å². The van der Waals surface area contributed by atoms with Gasteiger partial charge in [-0.05, 0) is 66.9 Å². The van der Waals surface area contributed by atoms with E-state index in [1.165, 1.54) is 4.90 Å². The number of rotatable bonds is 3.